The molecular formula is C14H19N3O. The maximum absolute atomic E-state index is 5.97. The molecule has 0 bridgehead atoms. The molecule has 0 aliphatic carbocycles. The van der Waals surface area contributed by atoms with E-state index in [2.05, 4.69) is 24.1 Å². The Morgan fingerprint density at radius 1 is 1.28 bits per heavy atom. The maximum Gasteiger partial charge on any atom is 0.0687 e. The van der Waals surface area contributed by atoms with Gasteiger partial charge < -0.3 is 15.8 Å². The van der Waals surface area contributed by atoms with E-state index in [-0.39, 0.29) is 5.54 Å². The summed E-state index contributed by atoms with van der Waals surface area (Å²) in [4.78, 5) is 4.16. The second kappa shape index (κ2) is 4.82. The molecule has 0 spiro atoms. The lowest BCUT2D eigenvalue weighted by Gasteiger charge is -2.27. The van der Waals surface area contributed by atoms with E-state index in [1.807, 2.05) is 24.4 Å². The van der Waals surface area contributed by atoms with Gasteiger partial charge in [0.25, 0.3) is 0 Å². The van der Waals surface area contributed by atoms with Crippen LogP contribution in [-0.2, 0) is 4.74 Å². The molecule has 4 nitrogen and oxygen atoms in total. The van der Waals surface area contributed by atoms with E-state index in [1.54, 1.807) is 13.3 Å². The second-order valence-electron chi connectivity index (χ2n) is 5.07. The van der Waals surface area contributed by atoms with E-state index in [4.69, 9.17) is 10.5 Å². The summed E-state index contributed by atoms with van der Waals surface area (Å²) in [6.45, 7) is 4.81. The zero-order valence-corrected chi connectivity index (χ0v) is 11.0. The van der Waals surface area contributed by atoms with E-state index < -0.39 is 0 Å². The van der Waals surface area contributed by atoms with Crippen LogP contribution in [-0.4, -0.2) is 24.2 Å². The second-order valence-corrected chi connectivity index (χ2v) is 5.07. The Kier molecular flexibility index (Phi) is 3.39. The van der Waals surface area contributed by atoms with Gasteiger partial charge in [-0.05, 0) is 32.0 Å². The number of rotatable bonds is 4. The molecule has 0 aliphatic rings. The third kappa shape index (κ3) is 2.54. The summed E-state index contributed by atoms with van der Waals surface area (Å²) in [5.41, 5.74) is 7.61. The Bertz CT molecular complexity index is 552. The highest BCUT2D eigenvalue weighted by Crippen LogP contribution is 2.29. The van der Waals surface area contributed by atoms with Crippen molar-refractivity contribution in [1.29, 1.82) is 0 Å². The summed E-state index contributed by atoms with van der Waals surface area (Å²) >= 11 is 0. The van der Waals surface area contributed by atoms with E-state index in [1.165, 1.54) is 0 Å². The number of fused-ring (bicyclic) bond motifs is 1. The minimum absolute atomic E-state index is 0.145. The Hall–Kier alpha value is -1.81. The van der Waals surface area contributed by atoms with Gasteiger partial charge in [-0.1, -0.05) is 0 Å². The van der Waals surface area contributed by atoms with Crippen molar-refractivity contribution in [3.8, 4) is 0 Å². The predicted octanol–water partition coefficient (Wildman–Crippen LogP) is 2.65. The summed E-state index contributed by atoms with van der Waals surface area (Å²) < 4.78 is 5.21. The molecule has 0 saturated carbocycles. The zero-order chi connectivity index (χ0) is 13.2. The summed E-state index contributed by atoms with van der Waals surface area (Å²) in [6.07, 6.45) is 3.58. The molecule has 1 aromatic carbocycles. The van der Waals surface area contributed by atoms with Crippen LogP contribution in [0, 0.1) is 0 Å². The van der Waals surface area contributed by atoms with E-state index >= 15 is 0 Å². The minimum Gasteiger partial charge on any atom is -0.398 e. The number of aromatic nitrogens is 1. The van der Waals surface area contributed by atoms with Gasteiger partial charge in [-0.2, -0.15) is 0 Å². The van der Waals surface area contributed by atoms with Crippen molar-refractivity contribution in [3.63, 3.8) is 0 Å². The number of anilines is 2. The average molecular weight is 245 g/mol. The monoisotopic (exact) mass is 245 g/mol. The largest absolute Gasteiger partial charge is 0.398 e. The van der Waals surface area contributed by atoms with Gasteiger partial charge in [0.05, 0.1) is 12.1 Å². The lowest BCUT2D eigenvalue weighted by molar-refractivity contribution is 0.158. The molecule has 96 valence electrons. The average Bonchev–Trinajstić information content (AvgIpc) is 2.33. The smallest absolute Gasteiger partial charge is 0.0687 e. The van der Waals surface area contributed by atoms with Gasteiger partial charge in [0.2, 0.25) is 0 Å². The third-order valence-corrected chi connectivity index (χ3v) is 2.83. The number of nitrogen functional groups attached to an aromatic ring is 1. The van der Waals surface area contributed by atoms with Crippen LogP contribution in [0.25, 0.3) is 10.8 Å². The fourth-order valence-electron chi connectivity index (χ4n) is 2.08. The molecule has 0 amide bonds. The SMILES string of the molecule is COCC(C)(C)Nc1ccc(N)c2ccncc12. The summed E-state index contributed by atoms with van der Waals surface area (Å²) in [5, 5.41) is 5.52. The fraction of sp³-hybridized carbons (Fsp3) is 0.357. The third-order valence-electron chi connectivity index (χ3n) is 2.83. The number of pyridine rings is 1. The van der Waals surface area contributed by atoms with Crippen LogP contribution in [0.15, 0.2) is 30.6 Å². The highest BCUT2D eigenvalue weighted by atomic mass is 16.5. The molecule has 4 heteroatoms. The van der Waals surface area contributed by atoms with Crippen molar-refractivity contribution in [1.82, 2.24) is 4.98 Å². The van der Waals surface area contributed by atoms with Crippen LogP contribution < -0.4 is 11.1 Å². The van der Waals surface area contributed by atoms with Gasteiger partial charge in [-0.25, -0.2) is 0 Å². The standard InChI is InChI=1S/C14H19N3O/c1-14(2,9-18-3)17-13-5-4-12(15)10-6-7-16-8-11(10)13/h4-8,17H,9,15H2,1-3H3. The van der Waals surface area contributed by atoms with Crippen molar-refractivity contribution < 1.29 is 4.74 Å². The molecule has 0 radical (unpaired) electrons. The lowest BCUT2D eigenvalue weighted by atomic mass is 10.0. The van der Waals surface area contributed by atoms with Gasteiger partial charge in [0.15, 0.2) is 0 Å². The van der Waals surface area contributed by atoms with Crippen molar-refractivity contribution in [2.75, 3.05) is 24.8 Å². The first-order valence-electron chi connectivity index (χ1n) is 5.93. The molecule has 0 aliphatic heterocycles. The molecule has 0 atom stereocenters. The molecule has 1 aromatic heterocycles. The van der Waals surface area contributed by atoms with Crippen molar-refractivity contribution in [3.05, 3.63) is 30.6 Å². The Morgan fingerprint density at radius 2 is 2.06 bits per heavy atom. The first-order chi connectivity index (χ1) is 8.53. The van der Waals surface area contributed by atoms with E-state index in [0.29, 0.717) is 6.61 Å². The molecular weight excluding hydrogens is 226 g/mol. The molecule has 0 saturated heterocycles. The summed E-state index contributed by atoms with van der Waals surface area (Å²) in [5.74, 6) is 0. The Balaban J connectivity index is 2.43. The number of ether oxygens (including phenoxy) is 1. The van der Waals surface area contributed by atoms with Gasteiger partial charge in [0.1, 0.15) is 0 Å². The molecule has 2 aromatic rings. The number of nitrogens with two attached hydrogens (primary N) is 1. The number of methoxy groups -OCH3 is 1. The van der Waals surface area contributed by atoms with Crippen molar-refractivity contribution in [2.24, 2.45) is 0 Å². The molecule has 18 heavy (non-hydrogen) atoms. The van der Waals surface area contributed by atoms with E-state index in [9.17, 15) is 0 Å². The normalized spacial score (nSPS) is 11.7. The number of benzene rings is 1. The highest BCUT2D eigenvalue weighted by Gasteiger charge is 2.18. The van der Waals surface area contributed by atoms with Gasteiger partial charge >= 0.3 is 0 Å². The quantitative estimate of drug-likeness (QED) is 0.813. The number of hydrogen-bond donors (Lipinski definition) is 2. The Labute approximate surface area is 107 Å². The molecule has 0 unspecified atom stereocenters. The topological polar surface area (TPSA) is 60.2 Å². The van der Waals surface area contributed by atoms with Crippen LogP contribution in [0.1, 0.15) is 13.8 Å². The Morgan fingerprint density at radius 3 is 2.78 bits per heavy atom. The molecule has 3 N–H and O–H groups in total. The first-order valence-corrected chi connectivity index (χ1v) is 5.93. The number of hydrogen-bond acceptors (Lipinski definition) is 4. The van der Waals surface area contributed by atoms with Gasteiger partial charge in [0, 0.05) is 41.7 Å². The van der Waals surface area contributed by atoms with Crippen LogP contribution in [0.5, 0.6) is 0 Å². The summed E-state index contributed by atoms with van der Waals surface area (Å²) in [7, 11) is 1.70. The zero-order valence-electron chi connectivity index (χ0n) is 11.0. The van der Waals surface area contributed by atoms with Gasteiger partial charge in [-0.15, -0.1) is 0 Å². The molecule has 1 heterocycles. The fourth-order valence-corrected chi connectivity index (χ4v) is 2.08. The van der Waals surface area contributed by atoms with Crippen molar-refractivity contribution in [2.45, 2.75) is 19.4 Å². The summed E-state index contributed by atoms with van der Waals surface area (Å²) in [6, 6.07) is 5.82. The maximum atomic E-state index is 5.97. The number of nitrogens with zero attached hydrogens (tertiary/aromatic N) is 1. The molecule has 0 fully saturated rings. The number of nitrogens with one attached hydrogen (secondary N) is 1. The van der Waals surface area contributed by atoms with Crippen LogP contribution >= 0.6 is 0 Å². The lowest BCUT2D eigenvalue weighted by Crippen LogP contribution is -2.35. The predicted molar refractivity (Wildman–Crippen MR) is 75.7 cm³/mol. The van der Waals surface area contributed by atoms with Crippen LogP contribution in [0.3, 0.4) is 0 Å². The van der Waals surface area contributed by atoms with Crippen LogP contribution in [0.4, 0.5) is 11.4 Å². The van der Waals surface area contributed by atoms with Crippen LogP contribution in [0.2, 0.25) is 0 Å². The van der Waals surface area contributed by atoms with Gasteiger partial charge in [-0.3, -0.25) is 4.98 Å². The van der Waals surface area contributed by atoms with E-state index in [0.717, 1.165) is 22.1 Å². The first kappa shape index (κ1) is 12.6. The van der Waals surface area contributed by atoms with Crippen molar-refractivity contribution >= 4 is 22.1 Å². The molecule has 2 rings (SSSR count). The highest BCUT2D eigenvalue weighted by molar-refractivity contribution is 6.00. The minimum atomic E-state index is -0.145.